The van der Waals surface area contributed by atoms with Crippen LogP contribution in [0.1, 0.15) is 16.7 Å². The van der Waals surface area contributed by atoms with Crippen molar-refractivity contribution in [3.05, 3.63) is 63.1 Å². The number of nitriles is 1. The molecule has 96 valence electrons. The molecule has 0 saturated heterocycles. The van der Waals surface area contributed by atoms with Gasteiger partial charge in [-0.1, -0.05) is 35.3 Å². The van der Waals surface area contributed by atoms with Gasteiger partial charge in [0.1, 0.15) is 6.07 Å². The Morgan fingerprint density at radius 3 is 2.63 bits per heavy atom. The monoisotopic (exact) mass is 290 g/mol. The van der Waals surface area contributed by atoms with E-state index in [1.54, 1.807) is 18.2 Å². The zero-order chi connectivity index (χ0) is 13.8. The van der Waals surface area contributed by atoms with Crippen molar-refractivity contribution >= 4 is 28.9 Å². The highest BCUT2D eigenvalue weighted by molar-refractivity contribution is 6.31. The molecule has 1 N–H and O–H groups in total. The molecule has 0 saturated carbocycles. The van der Waals surface area contributed by atoms with E-state index in [4.69, 9.17) is 28.5 Å². The molecule has 2 aromatic rings. The molecule has 19 heavy (non-hydrogen) atoms. The third-order valence-electron chi connectivity index (χ3n) is 2.82. The lowest BCUT2D eigenvalue weighted by atomic mass is 10.1. The third kappa shape index (κ3) is 3.41. The molecule has 2 nitrogen and oxygen atoms in total. The zero-order valence-electron chi connectivity index (χ0n) is 10.4. The van der Waals surface area contributed by atoms with Crippen LogP contribution in [0.5, 0.6) is 0 Å². The van der Waals surface area contributed by atoms with Gasteiger partial charge in [0.2, 0.25) is 0 Å². The van der Waals surface area contributed by atoms with Crippen molar-refractivity contribution in [2.24, 2.45) is 0 Å². The summed E-state index contributed by atoms with van der Waals surface area (Å²) in [5.74, 6) is 0. The highest BCUT2D eigenvalue weighted by atomic mass is 35.5. The second-order valence-electron chi connectivity index (χ2n) is 4.24. The van der Waals surface area contributed by atoms with E-state index in [-0.39, 0.29) is 0 Å². The first-order valence-corrected chi connectivity index (χ1v) is 6.54. The van der Waals surface area contributed by atoms with Gasteiger partial charge in [0, 0.05) is 16.6 Å². The van der Waals surface area contributed by atoms with Crippen molar-refractivity contribution in [1.82, 2.24) is 0 Å². The number of benzene rings is 2. The Balaban J connectivity index is 2.16. The van der Waals surface area contributed by atoms with Gasteiger partial charge < -0.3 is 5.32 Å². The molecule has 0 aliphatic carbocycles. The topological polar surface area (TPSA) is 35.8 Å². The molecular formula is C15H12Cl2N2. The van der Waals surface area contributed by atoms with Crippen LogP contribution in [0, 0.1) is 18.3 Å². The molecule has 2 aromatic carbocycles. The van der Waals surface area contributed by atoms with Crippen LogP contribution in [-0.4, -0.2) is 0 Å². The lowest BCUT2D eigenvalue weighted by Crippen LogP contribution is -2.01. The van der Waals surface area contributed by atoms with Crippen LogP contribution in [0.4, 0.5) is 5.69 Å². The van der Waals surface area contributed by atoms with Crippen LogP contribution in [0.3, 0.4) is 0 Å². The van der Waals surface area contributed by atoms with E-state index >= 15 is 0 Å². The van der Waals surface area contributed by atoms with E-state index in [2.05, 4.69) is 11.4 Å². The maximum absolute atomic E-state index is 9.03. The summed E-state index contributed by atoms with van der Waals surface area (Å²) in [5, 5.41) is 13.6. The summed E-state index contributed by atoms with van der Waals surface area (Å²) in [6.45, 7) is 2.55. The molecular weight excluding hydrogens is 279 g/mol. The molecule has 0 fully saturated rings. The van der Waals surface area contributed by atoms with Gasteiger partial charge in [0.25, 0.3) is 0 Å². The second-order valence-corrected chi connectivity index (χ2v) is 5.08. The summed E-state index contributed by atoms with van der Waals surface area (Å²) in [7, 11) is 0. The highest BCUT2D eigenvalue weighted by Crippen LogP contribution is 2.22. The van der Waals surface area contributed by atoms with Crippen molar-refractivity contribution in [2.45, 2.75) is 13.5 Å². The molecule has 0 heterocycles. The molecule has 0 spiro atoms. The summed E-state index contributed by atoms with van der Waals surface area (Å²) in [5.41, 5.74) is 3.40. The van der Waals surface area contributed by atoms with Gasteiger partial charge in [-0.15, -0.1) is 0 Å². The first-order chi connectivity index (χ1) is 9.10. The quantitative estimate of drug-likeness (QED) is 0.882. The lowest BCUT2D eigenvalue weighted by Gasteiger charge is -2.09. The van der Waals surface area contributed by atoms with Crippen LogP contribution >= 0.6 is 23.2 Å². The summed E-state index contributed by atoms with van der Waals surface area (Å²) >= 11 is 12.0. The van der Waals surface area contributed by atoms with Crippen molar-refractivity contribution in [1.29, 1.82) is 5.26 Å². The number of hydrogen-bond acceptors (Lipinski definition) is 2. The maximum Gasteiger partial charge on any atom is 0.101 e. The summed E-state index contributed by atoms with van der Waals surface area (Å²) < 4.78 is 0. The van der Waals surface area contributed by atoms with Gasteiger partial charge in [-0.25, -0.2) is 0 Å². The number of halogens is 2. The average Bonchev–Trinajstić information content (AvgIpc) is 2.40. The minimum absolute atomic E-state index is 0.572. The first kappa shape index (κ1) is 13.7. The predicted octanol–water partition coefficient (Wildman–Crippen LogP) is 4.79. The largest absolute Gasteiger partial charge is 0.380 e. The van der Waals surface area contributed by atoms with Gasteiger partial charge in [-0.05, 0) is 42.3 Å². The third-order valence-corrected chi connectivity index (χ3v) is 3.46. The van der Waals surface area contributed by atoms with E-state index in [0.29, 0.717) is 17.1 Å². The molecule has 0 atom stereocenters. The van der Waals surface area contributed by atoms with Crippen molar-refractivity contribution in [2.75, 3.05) is 5.32 Å². The Kier molecular flexibility index (Phi) is 4.31. The van der Waals surface area contributed by atoms with E-state index < -0.39 is 0 Å². The van der Waals surface area contributed by atoms with E-state index in [9.17, 15) is 0 Å². The van der Waals surface area contributed by atoms with Crippen LogP contribution < -0.4 is 5.32 Å². The van der Waals surface area contributed by atoms with Crippen LogP contribution in [-0.2, 0) is 6.54 Å². The Labute approximate surface area is 122 Å². The van der Waals surface area contributed by atoms with Gasteiger partial charge in [0.05, 0.1) is 11.3 Å². The molecule has 0 radical (unpaired) electrons. The van der Waals surface area contributed by atoms with E-state index in [1.807, 2.05) is 25.1 Å². The van der Waals surface area contributed by atoms with Crippen molar-refractivity contribution in [3.8, 4) is 6.07 Å². The number of nitrogens with one attached hydrogen (secondary N) is 1. The van der Waals surface area contributed by atoms with Crippen molar-refractivity contribution < 1.29 is 0 Å². The molecule has 0 aliphatic heterocycles. The number of anilines is 1. The number of aryl methyl sites for hydroxylation is 1. The molecule has 0 aliphatic rings. The average molecular weight is 291 g/mol. The van der Waals surface area contributed by atoms with Gasteiger partial charge in [0.15, 0.2) is 0 Å². The Hall–Kier alpha value is -1.69. The van der Waals surface area contributed by atoms with Crippen LogP contribution in [0.15, 0.2) is 36.4 Å². The molecule has 0 bridgehead atoms. The van der Waals surface area contributed by atoms with E-state index in [1.165, 1.54) is 0 Å². The summed E-state index contributed by atoms with van der Waals surface area (Å²) in [6, 6.07) is 13.2. The lowest BCUT2D eigenvalue weighted by molar-refractivity contribution is 1.14. The molecule has 0 amide bonds. The van der Waals surface area contributed by atoms with Gasteiger partial charge in [-0.2, -0.15) is 5.26 Å². The van der Waals surface area contributed by atoms with Crippen LogP contribution in [0.2, 0.25) is 10.0 Å². The Morgan fingerprint density at radius 2 is 1.95 bits per heavy atom. The number of hydrogen-bond donors (Lipinski definition) is 1. The number of rotatable bonds is 3. The Morgan fingerprint density at radius 1 is 1.16 bits per heavy atom. The minimum atomic E-state index is 0.572. The summed E-state index contributed by atoms with van der Waals surface area (Å²) in [4.78, 5) is 0. The van der Waals surface area contributed by atoms with E-state index in [0.717, 1.165) is 21.8 Å². The van der Waals surface area contributed by atoms with Crippen molar-refractivity contribution in [3.63, 3.8) is 0 Å². The normalized spacial score (nSPS) is 10.0. The predicted molar refractivity (Wildman–Crippen MR) is 79.7 cm³/mol. The second kappa shape index (κ2) is 5.97. The zero-order valence-corrected chi connectivity index (χ0v) is 11.9. The first-order valence-electron chi connectivity index (χ1n) is 5.78. The number of nitrogens with zero attached hydrogens (tertiary/aromatic N) is 1. The molecule has 2 rings (SSSR count). The standard InChI is InChI=1S/C15H12Cl2N2/c1-10-2-3-11(6-14(10)17)9-19-15-7-13(16)5-4-12(15)8-18/h2-7,19H,9H2,1H3. The summed E-state index contributed by atoms with van der Waals surface area (Å²) in [6.07, 6.45) is 0. The minimum Gasteiger partial charge on any atom is -0.380 e. The molecule has 4 heteroatoms. The van der Waals surface area contributed by atoms with Crippen LogP contribution in [0.25, 0.3) is 0 Å². The molecule has 0 unspecified atom stereocenters. The Bertz CT molecular complexity index is 645. The van der Waals surface area contributed by atoms with Gasteiger partial charge >= 0.3 is 0 Å². The van der Waals surface area contributed by atoms with Gasteiger partial charge in [-0.3, -0.25) is 0 Å². The maximum atomic E-state index is 9.03. The SMILES string of the molecule is Cc1ccc(CNc2cc(Cl)ccc2C#N)cc1Cl. The highest BCUT2D eigenvalue weighted by Gasteiger charge is 2.03. The fraction of sp³-hybridized carbons (Fsp3) is 0.133. The fourth-order valence-corrected chi connectivity index (χ4v) is 2.08. The molecule has 0 aromatic heterocycles. The smallest absolute Gasteiger partial charge is 0.101 e. The fourth-order valence-electron chi connectivity index (χ4n) is 1.70.